The first-order valence-electron chi connectivity index (χ1n) is 5.24. The van der Waals surface area contributed by atoms with Crippen LogP contribution in [0.2, 0.25) is 0 Å². The minimum absolute atomic E-state index is 0.311. The van der Waals surface area contributed by atoms with Gasteiger partial charge in [0.2, 0.25) is 0 Å². The maximum atomic E-state index is 8.59. The molecule has 3 nitrogen and oxygen atoms in total. The smallest absolute Gasteiger partial charge is 0.0727 e. The zero-order valence-electron chi connectivity index (χ0n) is 9.04. The van der Waals surface area contributed by atoms with E-state index in [1.807, 2.05) is 0 Å². The van der Waals surface area contributed by atoms with E-state index in [-0.39, 0.29) is 0 Å². The molecule has 0 bridgehead atoms. The van der Waals surface area contributed by atoms with E-state index in [0.29, 0.717) is 11.6 Å². The first kappa shape index (κ1) is 13.8. The van der Waals surface area contributed by atoms with Crippen molar-refractivity contribution in [2.24, 2.45) is 5.73 Å². The molecule has 0 saturated carbocycles. The maximum Gasteiger partial charge on any atom is 0.0727 e. The van der Waals surface area contributed by atoms with Gasteiger partial charge >= 0.3 is 0 Å². The predicted octanol–water partition coefficient (Wildman–Crippen LogP) is 1.15. The fourth-order valence-corrected chi connectivity index (χ4v) is 1.45. The lowest BCUT2D eigenvalue weighted by atomic mass is 10.2. The highest BCUT2D eigenvalue weighted by Crippen LogP contribution is 1.98. The Hall–Kier alpha value is -0.190. The summed E-state index contributed by atoms with van der Waals surface area (Å²) >= 11 is 4.80. The summed E-state index contributed by atoms with van der Waals surface area (Å²) in [6.07, 6.45) is 5.07. The number of nitrogens with two attached hydrogens (primary N) is 1. The highest BCUT2D eigenvalue weighted by molar-refractivity contribution is 7.80. The summed E-state index contributed by atoms with van der Waals surface area (Å²) in [5, 5.41) is 8.59. The molecule has 0 aliphatic heterocycles. The molecule has 0 aromatic carbocycles. The van der Waals surface area contributed by atoms with Gasteiger partial charge in [0.05, 0.1) is 4.99 Å². The summed E-state index contributed by atoms with van der Waals surface area (Å²) in [4.78, 5) is 2.90. The lowest BCUT2D eigenvalue weighted by Crippen LogP contribution is -2.22. The normalized spacial score (nSPS) is 10.8. The zero-order chi connectivity index (χ0) is 10.8. The van der Waals surface area contributed by atoms with Crippen molar-refractivity contribution in [3.05, 3.63) is 0 Å². The van der Waals surface area contributed by atoms with E-state index in [1.54, 1.807) is 0 Å². The van der Waals surface area contributed by atoms with E-state index in [1.165, 1.54) is 0 Å². The second kappa shape index (κ2) is 9.37. The molecular formula is C10H22N2OS. The summed E-state index contributed by atoms with van der Waals surface area (Å²) in [6.45, 7) is 2.46. The van der Waals surface area contributed by atoms with Gasteiger partial charge in [0, 0.05) is 6.61 Å². The largest absolute Gasteiger partial charge is 0.396 e. The topological polar surface area (TPSA) is 49.5 Å². The van der Waals surface area contributed by atoms with E-state index in [9.17, 15) is 0 Å². The second-order valence-corrected chi connectivity index (χ2v) is 4.18. The predicted molar refractivity (Wildman–Crippen MR) is 64.5 cm³/mol. The summed E-state index contributed by atoms with van der Waals surface area (Å²) in [7, 11) is 2.11. The van der Waals surface area contributed by atoms with Crippen LogP contribution >= 0.6 is 12.2 Å². The van der Waals surface area contributed by atoms with Gasteiger partial charge in [0.25, 0.3) is 0 Å². The minimum Gasteiger partial charge on any atom is -0.396 e. The Morgan fingerprint density at radius 3 is 2.43 bits per heavy atom. The molecule has 0 rings (SSSR count). The molecule has 4 heteroatoms. The highest BCUT2D eigenvalue weighted by atomic mass is 32.1. The number of aliphatic hydroxyl groups excluding tert-OH is 1. The number of nitrogens with zero attached hydrogens (tertiary/aromatic N) is 1. The second-order valence-electron chi connectivity index (χ2n) is 3.66. The third-order valence-corrected chi connectivity index (χ3v) is 2.37. The van der Waals surface area contributed by atoms with Crippen LogP contribution in [0.5, 0.6) is 0 Å². The number of unbranched alkanes of at least 4 members (excludes halogenated alkanes) is 2. The molecule has 0 saturated heterocycles. The van der Waals surface area contributed by atoms with Gasteiger partial charge in [-0.25, -0.2) is 0 Å². The van der Waals surface area contributed by atoms with Gasteiger partial charge in [-0.3, -0.25) is 0 Å². The monoisotopic (exact) mass is 218 g/mol. The number of hydrogen-bond donors (Lipinski definition) is 2. The third-order valence-electron chi connectivity index (χ3n) is 2.16. The van der Waals surface area contributed by atoms with Gasteiger partial charge in [0.15, 0.2) is 0 Å². The van der Waals surface area contributed by atoms with Gasteiger partial charge in [-0.15, -0.1) is 0 Å². The molecule has 0 atom stereocenters. The van der Waals surface area contributed by atoms with Crippen molar-refractivity contribution in [3.63, 3.8) is 0 Å². The van der Waals surface area contributed by atoms with Crippen molar-refractivity contribution in [3.8, 4) is 0 Å². The Morgan fingerprint density at radius 1 is 1.21 bits per heavy atom. The summed E-state index contributed by atoms with van der Waals surface area (Å²) in [5.41, 5.74) is 5.40. The number of thiocarbonyl (C=S) groups is 1. The summed E-state index contributed by atoms with van der Waals surface area (Å²) in [5.74, 6) is 0. The highest BCUT2D eigenvalue weighted by Gasteiger charge is 1.98. The Balaban J connectivity index is 3.19. The lowest BCUT2D eigenvalue weighted by molar-refractivity contribution is 0.272. The molecule has 0 fully saturated rings. The first-order chi connectivity index (χ1) is 6.66. The Labute approximate surface area is 92.3 Å². The molecule has 0 aromatic rings. The number of hydrogen-bond acceptors (Lipinski definition) is 3. The van der Waals surface area contributed by atoms with Gasteiger partial charge in [0.1, 0.15) is 0 Å². The van der Waals surface area contributed by atoms with Gasteiger partial charge < -0.3 is 15.7 Å². The molecule has 0 spiro atoms. The molecule has 84 valence electrons. The van der Waals surface area contributed by atoms with Crippen molar-refractivity contribution in [2.75, 3.05) is 26.7 Å². The van der Waals surface area contributed by atoms with Crippen molar-refractivity contribution in [1.29, 1.82) is 0 Å². The SMILES string of the molecule is CN(CCCCCO)CCCC(N)=S. The van der Waals surface area contributed by atoms with E-state index < -0.39 is 0 Å². The zero-order valence-corrected chi connectivity index (χ0v) is 9.85. The first-order valence-corrected chi connectivity index (χ1v) is 5.65. The van der Waals surface area contributed by atoms with Crippen LogP contribution in [-0.4, -0.2) is 41.7 Å². The van der Waals surface area contributed by atoms with E-state index in [4.69, 9.17) is 23.1 Å². The van der Waals surface area contributed by atoms with Gasteiger partial charge in [-0.2, -0.15) is 0 Å². The Morgan fingerprint density at radius 2 is 1.86 bits per heavy atom. The van der Waals surface area contributed by atoms with Crippen LogP contribution in [0, 0.1) is 0 Å². The Bertz CT molecular complexity index is 153. The van der Waals surface area contributed by atoms with Crippen LogP contribution in [0.25, 0.3) is 0 Å². The van der Waals surface area contributed by atoms with E-state index >= 15 is 0 Å². The van der Waals surface area contributed by atoms with Crippen molar-refractivity contribution < 1.29 is 5.11 Å². The molecule has 0 aromatic heterocycles. The van der Waals surface area contributed by atoms with Crippen LogP contribution in [0.3, 0.4) is 0 Å². The summed E-state index contributed by atoms with van der Waals surface area (Å²) in [6, 6.07) is 0. The quantitative estimate of drug-likeness (QED) is 0.450. The van der Waals surface area contributed by atoms with Gasteiger partial charge in [-0.05, 0) is 52.2 Å². The average Bonchev–Trinajstić information content (AvgIpc) is 2.12. The summed E-state index contributed by atoms with van der Waals surface area (Å²) < 4.78 is 0. The van der Waals surface area contributed by atoms with Crippen LogP contribution in [0.15, 0.2) is 0 Å². The molecular weight excluding hydrogens is 196 g/mol. The van der Waals surface area contributed by atoms with Crippen molar-refractivity contribution in [1.82, 2.24) is 4.90 Å². The average molecular weight is 218 g/mol. The van der Waals surface area contributed by atoms with Crippen LogP contribution in [0.4, 0.5) is 0 Å². The standard InChI is InChI=1S/C10H22N2OS/c1-12(7-3-2-4-9-13)8-5-6-10(11)14/h13H,2-9H2,1H3,(H2,11,14). The molecule has 0 radical (unpaired) electrons. The molecule has 14 heavy (non-hydrogen) atoms. The van der Waals surface area contributed by atoms with Crippen LogP contribution in [-0.2, 0) is 0 Å². The molecule has 0 amide bonds. The van der Waals surface area contributed by atoms with Gasteiger partial charge in [-0.1, -0.05) is 12.2 Å². The minimum atomic E-state index is 0.311. The molecule has 0 unspecified atom stereocenters. The lowest BCUT2D eigenvalue weighted by Gasteiger charge is -2.15. The number of rotatable bonds is 9. The molecule has 0 aliphatic carbocycles. The van der Waals surface area contributed by atoms with Crippen LogP contribution < -0.4 is 5.73 Å². The fraction of sp³-hybridized carbons (Fsp3) is 0.900. The molecule has 0 heterocycles. The molecule has 3 N–H and O–H groups in total. The maximum absolute atomic E-state index is 8.59. The van der Waals surface area contributed by atoms with E-state index in [2.05, 4.69) is 11.9 Å². The Kier molecular flexibility index (Phi) is 9.24. The fourth-order valence-electron chi connectivity index (χ4n) is 1.31. The molecule has 0 aliphatic rings. The van der Waals surface area contributed by atoms with Crippen molar-refractivity contribution in [2.45, 2.75) is 32.1 Å². The van der Waals surface area contributed by atoms with E-state index in [0.717, 1.165) is 45.2 Å². The number of aliphatic hydroxyl groups is 1. The van der Waals surface area contributed by atoms with Crippen LogP contribution in [0.1, 0.15) is 32.1 Å². The third kappa shape index (κ3) is 9.89. The van der Waals surface area contributed by atoms with Crippen molar-refractivity contribution >= 4 is 17.2 Å².